The van der Waals surface area contributed by atoms with Crippen LogP contribution in [0.2, 0.25) is 0 Å². The third-order valence-electron chi connectivity index (χ3n) is 4.65. The summed E-state index contributed by atoms with van der Waals surface area (Å²) < 4.78 is 0. The van der Waals surface area contributed by atoms with Crippen molar-refractivity contribution < 1.29 is 0 Å². The van der Waals surface area contributed by atoms with Crippen LogP contribution < -0.4 is 0 Å². The maximum absolute atomic E-state index is 4.63. The molecule has 5 aromatic rings. The van der Waals surface area contributed by atoms with E-state index >= 15 is 0 Å². The average Bonchev–Trinajstić information content (AvgIpc) is 2.65. The molecule has 0 saturated heterocycles. The van der Waals surface area contributed by atoms with E-state index in [4.69, 9.17) is 0 Å². The van der Waals surface area contributed by atoms with Crippen LogP contribution in [-0.2, 0) is 0 Å². The van der Waals surface area contributed by atoms with Gasteiger partial charge in [0.05, 0.1) is 5.52 Å². The molecule has 0 aliphatic heterocycles. The van der Waals surface area contributed by atoms with E-state index in [9.17, 15) is 0 Å². The fourth-order valence-corrected chi connectivity index (χ4v) is 3.44. The second-order valence-corrected chi connectivity index (χ2v) is 6.14. The van der Waals surface area contributed by atoms with Crippen LogP contribution >= 0.6 is 0 Å². The molecule has 0 unspecified atom stereocenters. The van der Waals surface area contributed by atoms with E-state index in [0.717, 1.165) is 11.1 Å². The van der Waals surface area contributed by atoms with Gasteiger partial charge in [0, 0.05) is 17.1 Å². The molecule has 112 valence electrons. The zero-order valence-corrected chi connectivity index (χ0v) is 13.1. The van der Waals surface area contributed by atoms with Gasteiger partial charge in [0.2, 0.25) is 0 Å². The molecule has 4 aromatic carbocycles. The maximum Gasteiger partial charge on any atom is 0.0702 e. The predicted octanol–water partition coefficient (Wildman–Crippen LogP) is 6.21. The molecule has 0 saturated carbocycles. The first-order chi connectivity index (χ1) is 11.9. The number of aromatic nitrogens is 1. The van der Waals surface area contributed by atoms with Crippen molar-refractivity contribution in [3.05, 3.63) is 91.1 Å². The molecular formula is C23H15N. The van der Waals surface area contributed by atoms with Crippen molar-refractivity contribution >= 4 is 32.4 Å². The molecule has 0 aliphatic carbocycles. The SMILES string of the molecule is c1ccc2cc3c(-c4cnc5ccccc5c4)cccc3cc2c1. The van der Waals surface area contributed by atoms with Crippen LogP contribution in [0.1, 0.15) is 0 Å². The Hall–Kier alpha value is -3.19. The largest absolute Gasteiger partial charge is 0.256 e. The zero-order chi connectivity index (χ0) is 15.9. The minimum absolute atomic E-state index is 1.03. The Morgan fingerprint density at radius 1 is 0.542 bits per heavy atom. The van der Waals surface area contributed by atoms with Crippen LogP contribution in [0.15, 0.2) is 91.1 Å². The molecule has 0 N–H and O–H groups in total. The van der Waals surface area contributed by atoms with Crippen LogP contribution in [0.4, 0.5) is 0 Å². The second-order valence-electron chi connectivity index (χ2n) is 6.14. The van der Waals surface area contributed by atoms with Crippen LogP contribution in [0.25, 0.3) is 43.6 Å². The third-order valence-corrected chi connectivity index (χ3v) is 4.65. The highest BCUT2D eigenvalue weighted by molar-refractivity contribution is 6.05. The molecule has 0 bridgehead atoms. The molecule has 0 radical (unpaired) electrons. The van der Waals surface area contributed by atoms with E-state index in [1.54, 1.807) is 0 Å². The molecular weight excluding hydrogens is 290 g/mol. The van der Waals surface area contributed by atoms with Gasteiger partial charge in [0.25, 0.3) is 0 Å². The van der Waals surface area contributed by atoms with E-state index in [1.807, 2.05) is 12.3 Å². The summed E-state index contributed by atoms with van der Waals surface area (Å²) in [6, 6.07) is 30.0. The molecule has 5 rings (SSSR count). The van der Waals surface area contributed by atoms with Gasteiger partial charge in [-0.1, -0.05) is 60.7 Å². The summed E-state index contributed by atoms with van der Waals surface area (Å²) in [4.78, 5) is 4.63. The van der Waals surface area contributed by atoms with Gasteiger partial charge in [0.15, 0.2) is 0 Å². The first-order valence-corrected chi connectivity index (χ1v) is 8.15. The summed E-state index contributed by atoms with van der Waals surface area (Å²) in [5, 5.41) is 6.26. The van der Waals surface area contributed by atoms with Crippen molar-refractivity contribution in [1.29, 1.82) is 0 Å². The van der Waals surface area contributed by atoms with Gasteiger partial charge in [-0.2, -0.15) is 0 Å². The Morgan fingerprint density at radius 3 is 2.12 bits per heavy atom. The summed E-state index contributed by atoms with van der Waals surface area (Å²) in [5.41, 5.74) is 3.43. The minimum Gasteiger partial charge on any atom is -0.256 e. The Bertz CT molecular complexity index is 1200. The summed E-state index contributed by atoms with van der Waals surface area (Å²) in [6.07, 6.45) is 1.98. The molecule has 0 aliphatic rings. The monoisotopic (exact) mass is 305 g/mol. The summed E-state index contributed by atoms with van der Waals surface area (Å²) in [7, 11) is 0. The van der Waals surface area contributed by atoms with Crippen molar-refractivity contribution in [2.45, 2.75) is 0 Å². The van der Waals surface area contributed by atoms with Crippen molar-refractivity contribution in [1.82, 2.24) is 4.98 Å². The van der Waals surface area contributed by atoms with E-state index in [-0.39, 0.29) is 0 Å². The molecule has 1 heterocycles. The van der Waals surface area contributed by atoms with Crippen molar-refractivity contribution in [2.75, 3.05) is 0 Å². The number of hydrogen-bond acceptors (Lipinski definition) is 1. The lowest BCUT2D eigenvalue weighted by atomic mass is 9.96. The number of para-hydroxylation sites is 1. The lowest BCUT2D eigenvalue weighted by Gasteiger charge is -2.09. The molecule has 1 aromatic heterocycles. The smallest absolute Gasteiger partial charge is 0.0702 e. The predicted molar refractivity (Wildman–Crippen MR) is 102 cm³/mol. The molecule has 0 atom stereocenters. The van der Waals surface area contributed by atoms with Gasteiger partial charge < -0.3 is 0 Å². The Kier molecular flexibility index (Phi) is 2.86. The molecule has 1 heteroatoms. The first kappa shape index (κ1) is 13.3. The standard InChI is InChI=1S/C23H15N/c1-2-7-17-14-22-18(12-16(17)6-1)9-5-10-21(22)20-13-19-8-3-4-11-23(19)24-15-20/h1-15H. The van der Waals surface area contributed by atoms with Gasteiger partial charge in [-0.15, -0.1) is 0 Å². The number of pyridine rings is 1. The first-order valence-electron chi connectivity index (χ1n) is 8.15. The summed E-state index contributed by atoms with van der Waals surface area (Å²) in [6.45, 7) is 0. The lowest BCUT2D eigenvalue weighted by Crippen LogP contribution is -1.85. The van der Waals surface area contributed by atoms with Gasteiger partial charge in [-0.25, -0.2) is 0 Å². The van der Waals surface area contributed by atoms with Crippen molar-refractivity contribution in [2.24, 2.45) is 0 Å². The van der Waals surface area contributed by atoms with Crippen molar-refractivity contribution in [3.8, 4) is 11.1 Å². The van der Waals surface area contributed by atoms with E-state index in [2.05, 4.69) is 83.8 Å². The van der Waals surface area contributed by atoms with Crippen LogP contribution in [0.5, 0.6) is 0 Å². The zero-order valence-electron chi connectivity index (χ0n) is 13.1. The van der Waals surface area contributed by atoms with Gasteiger partial charge in [-0.3, -0.25) is 4.98 Å². The fourth-order valence-electron chi connectivity index (χ4n) is 3.44. The van der Waals surface area contributed by atoms with Crippen molar-refractivity contribution in [3.63, 3.8) is 0 Å². The summed E-state index contributed by atoms with van der Waals surface area (Å²) >= 11 is 0. The molecule has 0 amide bonds. The number of benzene rings is 4. The lowest BCUT2D eigenvalue weighted by molar-refractivity contribution is 1.41. The average molecular weight is 305 g/mol. The normalized spacial score (nSPS) is 11.3. The van der Waals surface area contributed by atoms with Gasteiger partial charge in [0.1, 0.15) is 0 Å². The molecule has 0 spiro atoms. The Labute approximate surface area is 140 Å². The Morgan fingerprint density at radius 2 is 1.25 bits per heavy atom. The highest BCUT2D eigenvalue weighted by Crippen LogP contribution is 2.32. The second kappa shape index (κ2) is 5.17. The van der Waals surface area contributed by atoms with Gasteiger partial charge in [-0.05, 0) is 51.4 Å². The number of fused-ring (bicyclic) bond motifs is 3. The highest BCUT2D eigenvalue weighted by Gasteiger charge is 2.06. The van der Waals surface area contributed by atoms with Crippen LogP contribution in [0, 0.1) is 0 Å². The third kappa shape index (κ3) is 2.06. The summed E-state index contributed by atoms with van der Waals surface area (Å²) in [5.74, 6) is 0. The van der Waals surface area contributed by atoms with Crippen LogP contribution in [-0.4, -0.2) is 4.98 Å². The molecule has 24 heavy (non-hydrogen) atoms. The number of rotatable bonds is 1. The highest BCUT2D eigenvalue weighted by atomic mass is 14.6. The maximum atomic E-state index is 4.63. The minimum atomic E-state index is 1.03. The quantitative estimate of drug-likeness (QED) is 0.336. The van der Waals surface area contributed by atoms with E-state index < -0.39 is 0 Å². The molecule has 0 fully saturated rings. The topological polar surface area (TPSA) is 12.9 Å². The fraction of sp³-hybridized carbons (Fsp3) is 0. The van der Waals surface area contributed by atoms with Gasteiger partial charge >= 0.3 is 0 Å². The van der Waals surface area contributed by atoms with E-state index in [0.29, 0.717) is 0 Å². The molecule has 1 nitrogen and oxygen atoms in total. The Balaban J connectivity index is 1.82. The number of nitrogens with zero attached hydrogens (tertiary/aromatic N) is 1. The number of hydrogen-bond donors (Lipinski definition) is 0. The van der Waals surface area contributed by atoms with E-state index in [1.165, 1.54) is 32.5 Å². The van der Waals surface area contributed by atoms with Crippen LogP contribution in [0.3, 0.4) is 0 Å².